The maximum Gasteiger partial charge on any atom is 0.268 e. The molecule has 0 aliphatic carbocycles. The van der Waals surface area contributed by atoms with Gasteiger partial charge in [-0.2, -0.15) is 5.26 Å². The highest BCUT2D eigenvalue weighted by Gasteiger charge is 2.09. The predicted molar refractivity (Wildman–Crippen MR) is 76.2 cm³/mol. The molecule has 0 atom stereocenters. The van der Waals surface area contributed by atoms with E-state index in [2.05, 4.69) is 0 Å². The third kappa shape index (κ3) is 2.69. The van der Waals surface area contributed by atoms with E-state index in [1.807, 2.05) is 25.1 Å². The van der Waals surface area contributed by atoms with Crippen molar-refractivity contribution in [3.8, 4) is 17.3 Å². The average molecular weight is 273 g/mol. The molecule has 3 nitrogen and oxygen atoms in total. The Morgan fingerprint density at radius 1 is 1.21 bits per heavy atom. The molecule has 2 aromatic rings. The van der Waals surface area contributed by atoms with Gasteiger partial charge in [0.25, 0.3) is 5.56 Å². The lowest BCUT2D eigenvalue weighted by molar-refractivity contribution is 0.659. The highest BCUT2D eigenvalue weighted by Crippen LogP contribution is 2.21. The fourth-order valence-corrected chi connectivity index (χ4v) is 2.11. The van der Waals surface area contributed by atoms with Gasteiger partial charge in [-0.05, 0) is 36.2 Å². The number of hydrogen-bond donors (Lipinski definition) is 0. The molecule has 1 heterocycles. The molecular weight excluding hydrogens is 260 g/mol. The van der Waals surface area contributed by atoms with Crippen molar-refractivity contribution < 1.29 is 0 Å². The summed E-state index contributed by atoms with van der Waals surface area (Å²) in [4.78, 5) is 12.2. The molecule has 1 aromatic heterocycles. The lowest BCUT2D eigenvalue weighted by atomic mass is 10.1. The quantitative estimate of drug-likeness (QED) is 0.859. The number of benzene rings is 1. The smallest absolute Gasteiger partial charge is 0.268 e. The van der Waals surface area contributed by atoms with Crippen LogP contribution >= 0.6 is 11.6 Å². The van der Waals surface area contributed by atoms with Gasteiger partial charge in [-0.3, -0.25) is 4.79 Å². The molecule has 0 unspecified atom stereocenters. The number of aromatic nitrogens is 1. The molecule has 0 spiro atoms. The van der Waals surface area contributed by atoms with Gasteiger partial charge in [0.15, 0.2) is 0 Å². The first-order valence-corrected chi connectivity index (χ1v) is 6.45. The Hall–Kier alpha value is -2.05. The van der Waals surface area contributed by atoms with Crippen molar-refractivity contribution in [1.82, 2.24) is 4.57 Å². The van der Waals surface area contributed by atoms with Crippen molar-refractivity contribution in [2.75, 3.05) is 0 Å². The van der Waals surface area contributed by atoms with Crippen molar-refractivity contribution in [3.63, 3.8) is 0 Å². The zero-order valence-electron chi connectivity index (χ0n) is 10.6. The number of pyridine rings is 1. The summed E-state index contributed by atoms with van der Waals surface area (Å²) < 4.78 is 1.64. The molecule has 0 bridgehead atoms. The summed E-state index contributed by atoms with van der Waals surface area (Å²) in [6.45, 7) is 2.59. The Kier molecular flexibility index (Phi) is 4.03. The van der Waals surface area contributed by atoms with Gasteiger partial charge in [0.1, 0.15) is 11.6 Å². The number of nitrogens with zero attached hydrogens (tertiary/aromatic N) is 2. The van der Waals surface area contributed by atoms with Crippen LogP contribution in [0, 0.1) is 11.3 Å². The number of hydrogen-bond acceptors (Lipinski definition) is 2. The van der Waals surface area contributed by atoms with Crippen molar-refractivity contribution in [2.45, 2.75) is 19.9 Å². The molecule has 0 saturated carbocycles. The minimum absolute atomic E-state index is 0.172. The lowest BCUT2D eigenvalue weighted by Gasteiger charge is -2.12. The maximum absolute atomic E-state index is 12.2. The van der Waals surface area contributed by atoms with Crippen LogP contribution in [0.1, 0.15) is 18.9 Å². The maximum atomic E-state index is 12.2. The van der Waals surface area contributed by atoms with Crippen LogP contribution in [0.2, 0.25) is 5.02 Å². The van der Waals surface area contributed by atoms with Crippen LogP contribution in [0.4, 0.5) is 0 Å². The lowest BCUT2D eigenvalue weighted by Crippen LogP contribution is -2.23. The van der Waals surface area contributed by atoms with Gasteiger partial charge in [-0.1, -0.05) is 30.7 Å². The normalized spacial score (nSPS) is 10.2. The number of halogens is 1. The highest BCUT2D eigenvalue weighted by molar-refractivity contribution is 6.30. The molecule has 0 aliphatic heterocycles. The third-order valence-electron chi connectivity index (χ3n) is 2.88. The SMILES string of the molecule is CCCn1c(-c2ccc(Cl)cc2)ccc(C#N)c1=O. The van der Waals surface area contributed by atoms with E-state index >= 15 is 0 Å². The van der Waals surface area contributed by atoms with Gasteiger partial charge in [0.05, 0.1) is 5.69 Å². The molecule has 1 aromatic carbocycles. The van der Waals surface area contributed by atoms with Crippen LogP contribution in [0.5, 0.6) is 0 Å². The van der Waals surface area contributed by atoms with Gasteiger partial charge in [-0.25, -0.2) is 0 Å². The van der Waals surface area contributed by atoms with Crippen molar-refractivity contribution in [2.24, 2.45) is 0 Å². The molecule has 19 heavy (non-hydrogen) atoms. The van der Waals surface area contributed by atoms with E-state index in [0.717, 1.165) is 17.7 Å². The fourth-order valence-electron chi connectivity index (χ4n) is 1.98. The van der Waals surface area contributed by atoms with Crippen molar-refractivity contribution in [3.05, 3.63) is 57.3 Å². The largest absolute Gasteiger partial charge is 0.307 e. The van der Waals surface area contributed by atoms with Gasteiger partial charge in [-0.15, -0.1) is 0 Å². The molecule has 0 radical (unpaired) electrons. The zero-order chi connectivity index (χ0) is 13.8. The first kappa shape index (κ1) is 13.4. The Morgan fingerprint density at radius 2 is 1.89 bits per heavy atom. The highest BCUT2D eigenvalue weighted by atomic mass is 35.5. The molecule has 0 fully saturated rings. The molecule has 0 amide bonds. The fraction of sp³-hybridized carbons (Fsp3) is 0.200. The molecule has 0 N–H and O–H groups in total. The summed E-state index contributed by atoms with van der Waals surface area (Å²) in [7, 11) is 0. The summed E-state index contributed by atoms with van der Waals surface area (Å²) in [6, 6.07) is 12.6. The second-order valence-corrected chi connectivity index (χ2v) is 4.64. The van der Waals surface area contributed by atoms with Gasteiger partial charge < -0.3 is 4.57 Å². The van der Waals surface area contributed by atoms with Crippen molar-refractivity contribution in [1.29, 1.82) is 5.26 Å². The van der Waals surface area contributed by atoms with Crippen LogP contribution < -0.4 is 5.56 Å². The van der Waals surface area contributed by atoms with E-state index in [1.165, 1.54) is 0 Å². The van der Waals surface area contributed by atoms with Crippen LogP contribution in [-0.2, 0) is 6.54 Å². The molecule has 96 valence electrons. The predicted octanol–water partition coefficient (Wildman–Crippen LogP) is 3.45. The molecule has 0 saturated heterocycles. The minimum atomic E-state index is -0.239. The van der Waals surface area contributed by atoms with Gasteiger partial charge in [0, 0.05) is 11.6 Å². The van der Waals surface area contributed by atoms with Crippen LogP contribution in [0.25, 0.3) is 11.3 Å². The summed E-state index contributed by atoms with van der Waals surface area (Å²) in [5.74, 6) is 0. The minimum Gasteiger partial charge on any atom is -0.307 e. The van der Waals surface area contributed by atoms with Crippen LogP contribution in [-0.4, -0.2) is 4.57 Å². The zero-order valence-corrected chi connectivity index (χ0v) is 11.3. The van der Waals surface area contributed by atoms with E-state index in [9.17, 15) is 4.79 Å². The average Bonchev–Trinajstić information content (AvgIpc) is 2.42. The number of rotatable bonds is 3. The molecule has 2 rings (SSSR count). The van der Waals surface area contributed by atoms with Gasteiger partial charge in [0.2, 0.25) is 0 Å². The summed E-state index contributed by atoms with van der Waals surface area (Å²) in [5, 5.41) is 9.58. The Bertz CT molecular complexity index is 681. The van der Waals surface area contributed by atoms with Crippen molar-refractivity contribution >= 4 is 11.6 Å². The van der Waals surface area contributed by atoms with Crippen LogP contribution in [0.3, 0.4) is 0 Å². The summed E-state index contributed by atoms with van der Waals surface area (Å²) in [5.41, 5.74) is 1.66. The summed E-state index contributed by atoms with van der Waals surface area (Å²) >= 11 is 5.87. The van der Waals surface area contributed by atoms with Crippen LogP contribution in [0.15, 0.2) is 41.2 Å². The Morgan fingerprint density at radius 3 is 2.47 bits per heavy atom. The Labute approximate surface area is 116 Å². The standard InChI is InChI=1S/C15H13ClN2O/c1-2-9-18-14(8-5-12(10-17)15(18)19)11-3-6-13(16)7-4-11/h3-8H,2,9H2,1H3. The molecule has 0 aliphatic rings. The molecular formula is C15H13ClN2O. The van der Waals surface area contributed by atoms with E-state index in [1.54, 1.807) is 28.8 Å². The first-order chi connectivity index (χ1) is 9.17. The molecule has 4 heteroatoms. The Balaban J connectivity index is 2.63. The first-order valence-electron chi connectivity index (χ1n) is 6.07. The van der Waals surface area contributed by atoms with Gasteiger partial charge >= 0.3 is 0 Å². The third-order valence-corrected chi connectivity index (χ3v) is 3.13. The second kappa shape index (κ2) is 5.73. The topological polar surface area (TPSA) is 45.8 Å². The number of nitriles is 1. The summed E-state index contributed by atoms with van der Waals surface area (Å²) in [6.07, 6.45) is 0.829. The van der Waals surface area contributed by atoms with E-state index in [-0.39, 0.29) is 11.1 Å². The monoisotopic (exact) mass is 272 g/mol. The second-order valence-electron chi connectivity index (χ2n) is 4.21. The van der Waals surface area contributed by atoms with E-state index in [0.29, 0.717) is 11.6 Å². The van der Waals surface area contributed by atoms with E-state index < -0.39 is 0 Å². The van der Waals surface area contributed by atoms with E-state index in [4.69, 9.17) is 16.9 Å².